The van der Waals surface area contributed by atoms with Crippen LogP contribution in [-0.4, -0.2) is 29.0 Å². The van der Waals surface area contributed by atoms with E-state index in [1.54, 1.807) is 24.1 Å². The Morgan fingerprint density at radius 3 is 2.46 bits per heavy atom. The van der Waals surface area contributed by atoms with E-state index in [2.05, 4.69) is 5.32 Å². The Morgan fingerprint density at radius 1 is 1.12 bits per heavy atom. The molecule has 0 aliphatic carbocycles. The number of carbonyl (C=O) groups is 2. The van der Waals surface area contributed by atoms with Crippen LogP contribution in [0.25, 0.3) is 0 Å². The summed E-state index contributed by atoms with van der Waals surface area (Å²) in [6.45, 7) is 4.40. The van der Waals surface area contributed by atoms with Gasteiger partial charge in [-0.3, -0.25) is 14.4 Å². The third-order valence-corrected chi connectivity index (χ3v) is 4.71. The fraction of sp³-hybridized carbons (Fsp3) is 0.350. The van der Waals surface area contributed by atoms with Gasteiger partial charge in [-0.05, 0) is 30.2 Å². The zero-order valence-electron chi connectivity index (χ0n) is 15.2. The Kier molecular flexibility index (Phi) is 4.93. The molecule has 26 heavy (non-hydrogen) atoms. The molecular formula is C20H23N3O3. The number of nitrogens with zero attached hydrogens (tertiary/aromatic N) is 2. The minimum atomic E-state index is -0.436. The van der Waals surface area contributed by atoms with Gasteiger partial charge in [0.1, 0.15) is 5.56 Å². The molecule has 1 atom stereocenters. The molecule has 2 heterocycles. The molecule has 1 aromatic carbocycles. The molecule has 0 spiro atoms. The number of aromatic nitrogens is 1. The van der Waals surface area contributed by atoms with Gasteiger partial charge in [-0.2, -0.15) is 0 Å². The second-order valence-corrected chi connectivity index (χ2v) is 6.91. The van der Waals surface area contributed by atoms with Crippen molar-refractivity contribution in [1.82, 2.24) is 9.88 Å². The normalized spacial score (nSPS) is 17.0. The first-order valence-electron chi connectivity index (χ1n) is 8.74. The number of nitrogens with one attached hydrogen (secondary N) is 1. The second kappa shape index (κ2) is 7.15. The SMILES string of the molecule is CC(C)c1ccc(C(=O)NC2CC(=O)N(c3ccccc3)C2)c(=O)n1C. The summed E-state index contributed by atoms with van der Waals surface area (Å²) in [5.41, 5.74) is 1.46. The third kappa shape index (κ3) is 3.40. The van der Waals surface area contributed by atoms with Gasteiger partial charge in [0.15, 0.2) is 0 Å². The lowest BCUT2D eigenvalue weighted by molar-refractivity contribution is -0.117. The van der Waals surface area contributed by atoms with E-state index in [0.29, 0.717) is 6.54 Å². The van der Waals surface area contributed by atoms with Crippen molar-refractivity contribution in [2.45, 2.75) is 32.2 Å². The summed E-state index contributed by atoms with van der Waals surface area (Å²) in [6.07, 6.45) is 0.227. The van der Waals surface area contributed by atoms with E-state index in [-0.39, 0.29) is 35.4 Å². The molecule has 0 radical (unpaired) electrons. The van der Waals surface area contributed by atoms with Crippen LogP contribution < -0.4 is 15.8 Å². The van der Waals surface area contributed by atoms with Gasteiger partial charge in [-0.25, -0.2) is 0 Å². The topological polar surface area (TPSA) is 71.4 Å². The predicted molar refractivity (Wildman–Crippen MR) is 100 cm³/mol. The third-order valence-electron chi connectivity index (χ3n) is 4.71. The van der Waals surface area contributed by atoms with E-state index in [1.807, 2.05) is 44.2 Å². The van der Waals surface area contributed by atoms with Crippen LogP contribution in [0.15, 0.2) is 47.3 Å². The molecule has 2 aromatic rings. The number of amides is 2. The smallest absolute Gasteiger partial charge is 0.263 e. The summed E-state index contributed by atoms with van der Waals surface area (Å²) < 4.78 is 1.51. The first-order valence-corrected chi connectivity index (χ1v) is 8.74. The minimum Gasteiger partial charge on any atom is -0.347 e. The number of anilines is 1. The van der Waals surface area contributed by atoms with Crippen LogP contribution in [0.4, 0.5) is 5.69 Å². The fourth-order valence-corrected chi connectivity index (χ4v) is 3.33. The van der Waals surface area contributed by atoms with E-state index < -0.39 is 5.91 Å². The van der Waals surface area contributed by atoms with Crippen molar-refractivity contribution in [1.29, 1.82) is 0 Å². The minimum absolute atomic E-state index is 0.0374. The predicted octanol–water partition coefficient (Wildman–Crippen LogP) is 2.04. The van der Waals surface area contributed by atoms with Crippen LogP contribution in [0.2, 0.25) is 0 Å². The van der Waals surface area contributed by atoms with Gasteiger partial charge < -0.3 is 14.8 Å². The molecule has 136 valence electrons. The van der Waals surface area contributed by atoms with E-state index >= 15 is 0 Å². The van der Waals surface area contributed by atoms with Gasteiger partial charge in [0.05, 0.1) is 6.04 Å². The Balaban J connectivity index is 1.74. The molecule has 0 bridgehead atoms. The fourth-order valence-electron chi connectivity index (χ4n) is 3.33. The number of para-hydroxylation sites is 1. The van der Waals surface area contributed by atoms with Crippen LogP contribution in [0, 0.1) is 0 Å². The van der Waals surface area contributed by atoms with Crippen LogP contribution >= 0.6 is 0 Å². The summed E-state index contributed by atoms with van der Waals surface area (Å²) in [5.74, 6) is -0.283. The van der Waals surface area contributed by atoms with Crippen molar-refractivity contribution in [3.8, 4) is 0 Å². The Hall–Kier alpha value is -2.89. The number of carbonyl (C=O) groups excluding carboxylic acids is 2. The molecule has 3 rings (SSSR count). The van der Waals surface area contributed by atoms with Gasteiger partial charge in [-0.1, -0.05) is 32.0 Å². The van der Waals surface area contributed by atoms with Gasteiger partial charge in [-0.15, -0.1) is 0 Å². The second-order valence-electron chi connectivity index (χ2n) is 6.91. The highest BCUT2D eigenvalue weighted by molar-refractivity contribution is 5.98. The van der Waals surface area contributed by atoms with Crippen LogP contribution in [0.3, 0.4) is 0 Å². The largest absolute Gasteiger partial charge is 0.347 e. The Bertz CT molecular complexity index is 887. The molecular weight excluding hydrogens is 330 g/mol. The summed E-state index contributed by atoms with van der Waals surface area (Å²) in [4.78, 5) is 38.9. The van der Waals surface area contributed by atoms with E-state index in [0.717, 1.165) is 11.4 Å². The lowest BCUT2D eigenvalue weighted by Gasteiger charge is -2.17. The molecule has 1 aliphatic heterocycles. The molecule has 0 saturated carbocycles. The first-order chi connectivity index (χ1) is 12.4. The van der Waals surface area contributed by atoms with Crippen molar-refractivity contribution >= 4 is 17.5 Å². The highest BCUT2D eigenvalue weighted by Gasteiger charge is 2.32. The quantitative estimate of drug-likeness (QED) is 0.914. The highest BCUT2D eigenvalue weighted by atomic mass is 16.2. The van der Waals surface area contributed by atoms with Crippen molar-refractivity contribution in [3.05, 3.63) is 64.1 Å². The van der Waals surface area contributed by atoms with Crippen molar-refractivity contribution in [2.24, 2.45) is 7.05 Å². The number of hydrogen-bond donors (Lipinski definition) is 1. The van der Waals surface area contributed by atoms with Crippen molar-refractivity contribution < 1.29 is 9.59 Å². The monoisotopic (exact) mass is 353 g/mol. The molecule has 2 amide bonds. The molecule has 6 heteroatoms. The van der Waals surface area contributed by atoms with Gasteiger partial charge in [0.2, 0.25) is 5.91 Å². The maximum absolute atomic E-state index is 12.6. The Labute approximate surface area is 152 Å². The van der Waals surface area contributed by atoms with Crippen molar-refractivity contribution in [3.63, 3.8) is 0 Å². The summed E-state index contributed by atoms with van der Waals surface area (Å²) in [7, 11) is 1.67. The average molecular weight is 353 g/mol. The summed E-state index contributed by atoms with van der Waals surface area (Å²) >= 11 is 0. The number of benzene rings is 1. The number of pyridine rings is 1. The molecule has 6 nitrogen and oxygen atoms in total. The Morgan fingerprint density at radius 2 is 1.81 bits per heavy atom. The van der Waals surface area contributed by atoms with E-state index in [4.69, 9.17) is 0 Å². The molecule has 1 aliphatic rings. The summed E-state index contributed by atoms with van der Waals surface area (Å²) in [5, 5.41) is 2.83. The average Bonchev–Trinajstić information content (AvgIpc) is 2.97. The van der Waals surface area contributed by atoms with Gasteiger partial charge in [0.25, 0.3) is 11.5 Å². The number of hydrogen-bond acceptors (Lipinski definition) is 3. The number of rotatable bonds is 4. The van der Waals surface area contributed by atoms with E-state index in [1.165, 1.54) is 4.57 Å². The van der Waals surface area contributed by atoms with Crippen LogP contribution in [-0.2, 0) is 11.8 Å². The summed E-state index contributed by atoms with van der Waals surface area (Å²) in [6, 6.07) is 12.4. The zero-order chi connectivity index (χ0) is 18.8. The molecule has 1 aromatic heterocycles. The lowest BCUT2D eigenvalue weighted by atomic mass is 10.1. The standard InChI is InChI=1S/C20H23N3O3/c1-13(2)17-10-9-16(20(26)22(17)3)19(25)21-14-11-18(24)23(12-14)15-7-5-4-6-8-15/h4-10,13-14H,11-12H2,1-3H3,(H,21,25). The molecule has 1 N–H and O–H groups in total. The van der Waals surface area contributed by atoms with E-state index in [9.17, 15) is 14.4 Å². The van der Waals surface area contributed by atoms with Crippen LogP contribution in [0.5, 0.6) is 0 Å². The highest BCUT2D eigenvalue weighted by Crippen LogP contribution is 2.21. The maximum Gasteiger partial charge on any atom is 0.263 e. The zero-order valence-corrected chi connectivity index (χ0v) is 15.2. The molecule has 1 saturated heterocycles. The van der Waals surface area contributed by atoms with Crippen molar-refractivity contribution in [2.75, 3.05) is 11.4 Å². The van der Waals surface area contributed by atoms with Gasteiger partial charge >= 0.3 is 0 Å². The molecule has 1 fully saturated rings. The lowest BCUT2D eigenvalue weighted by Crippen LogP contribution is -2.40. The molecule has 1 unspecified atom stereocenters. The van der Waals surface area contributed by atoms with Crippen LogP contribution in [0.1, 0.15) is 42.2 Å². The first kappa shape index (κ1) is 17.9. The van der Waals surface area contributed by atoms with Gasteiger partial charge in [0, 0.05) is 31.4 Å². The maximum atomic E-state index is 12.6.